The van der Waals surface area contributed by atoms with E-state index in [1.807, 2.05) is 48.5 Å². The second-order valence-corrected chi connectivity index (χ2v) is 6.15. The molecule has 5 nitrogen and oxygen atoms in total. The standard InChI is InChI=1S/C17H14BrN3O2/c1-10(16(22)23)19-17-20-14-8-7-12(18)9-13(14)15(21-17)11-5-3-2-4-6-11/h2-10H,1H3,(H,22,23)(H,19,20,21). The van der Waals surface area contributed by atoms with Crippen molar-refractivity contribution in [3.63, 3.8) is 0 Å². The molecule has 0 fully saturated rings. The summed E-state index contributed by atoms with van der Waals surface area (Å²) in [6, 6.07) is 14.7. The molecule has 0 spiro atoms. The van der Waals surface area contributed by atoms with Gasteiger partial charge in [-0.3, -0.25) is 5.32 Å². The number of fused-ring (bicyclic) bond motifs is 1. The minimum absolute atomic E-state index is 0.385. The molecule has 0 aliphatic rings. The molecule has 3 rings (SSSR count). The van der Waals surface area contributed by atoms with Crippen molar-refractivity contribution in [1.29, 1.82) is 0 Å². The van der Waals surface area contributed by atoms with Gasteiger partial charge in [0.25, 0.3) is 0 Å². The van der Waals surface area contributed by atoms with Gasteiger partial charge >= 0.3 is 5.95 Å². The SMILES string of the molecule is CC([NH2+]c1nc(-c2ccccc2)c2cc(Br)ccc2n1)C(=O)[O-]. The number of carbonyl (C=O) groups is 1. The minimum Gasteiger partial charge on any atom is -0.544 e. The van der Waals surface area contributed by atoms with E-state index in [4.69, 9.17) is 0 Å². The van der Waals surface area contributed by atoms with Crippen LogP contribution in [0.5, 0.6) is 0 Å². The first kappa shape index (κ1) is 15.6. The molecule has 0 bridgehead atoms. The summed E-state index contributed by atoms with van der Waals surface area (Å²) >= 11 is 3.47. The lowest BCUT2D eigenvalue weighted by molar-refractivity contribution is -0.609. The Morgan fingerprint density at radius 1 is 1.17 bits per heavy atom. The molecular formula is C17H14BrN3O2. The van der Waals surface area contributed by atoms with Gasteiger partial charge in [0.15, 0.2) is 0 Å². The number of rotatable bonds is 4. The van der Waals surface area contributed by atoms with Crippen LogP contribution in [0.2, 0.25) is 0 Å². The molecule has 0 radical (unpaired) electrons. The summed E-state index contributed by atoms with van der Waals surface area (Å²) in [4.78, 5) is 20.0. The van der Waals surface area contributed by atoms with Crippen molar-refractivity contribution in [2.45, 2.75) is 13.0 Å². The van der Waals surface area contributed by atoms with Crippen LogP contribution >= 0.6 is 15.9 Å². The van der Waals surface area contributed by atoms with Gasteiger partial charge in [0.05, 0.1) is 17.2 Å². The lowest BCUT2D eigenvalue weighted by Crippen LogP contribution is -2.88. The zero-order valence-electron chi connectivity index (χ0n) is 12.4. The fraction of sp³-hybridized carbons (Fsp3) is 0.118. The average Bonchev–Trinajstić information content (AvgIpc) is 2.55. The molecule has 1 aromatic heterocycles. The molecule has 0 saturated carbocycles. The van der Waals surface area contributed by atoms with E-state index in [0.717, 1.165) is 26.6 Å². The Morgan fingerprint density at radius 3 is 2.61 bits per heavy atom. The van der Waals surface area contributed by atoms with Gasteiger partial charge in [-0.2, -0.15) is 9.97 Å². The van der Waals surface area contributed by atoms with Gasteiger partial charge < -0.3 is 9.90 Å². The maximum Gasteiger partial charge on any atom is 0.327 e. The number of benzene rings is 2. The molecule has 0 aliphatic heterocycles. The normalized spacial score (nSPS) is 12.3. The van der Waals surface area contributed by atoms with E-state index in [9.17, 15) is 9.90 Å². The van der Waals surface area contributed by atoms with Crippen LogP contribution in [0.4, 0.5) is 5.95 Å². The number of carboxylic acid groups (broad SMARTS) is 1. The highest BCUT2D eigenvalue weighted by Gasteiger charge is 2.15. The summed E-state index contributed by atoms with van der Waals surface area (Å²) in [6.45, 7) is 1.55. The van der Waals surface area contributed by atoms with Crippen LogP contribution in [-0.4, -0.2) is 22.0 Å². The molecule has 3 aromatic rings. The number of nitrogens with two attached hydrogens (primary N) is 1. The first-order valence-corrected chi connectivity index (χ1v) is 7.92. The Hall–Kier alpha value is -2.31. The Labute approximate surface area is 141 Å². The van der Waals surface area contributed by atoms with E-state index in [-0.39, 0.29) is 0 Å². The number of aliphatic carboxylic acids is 1. The molecule has 0 saturated heterocycles. The van der Waals surface area contributed by atoms with Crippen LogP contribution in [0.15, 0.2) is 53.0 Å². The second kappa shape index (κ2) is 6.44. The van der Waals surface area contributed by atoms with Gasteiger partial charge in [-0.15, -0.1) is 0 Å². The van der Waals surface area contributed by atoms with Crippen molar-refractivity contribution in [1.82, 2.24) is 9.97 Å². The number of carbonyl (C=O) groups excluding carboxylic acids is 1. The highest BCUT2D eigenvalue weighted by atomic mass is 79.9. The third kappa shape index (κ3) is 3.38. The fourth-order valence-electron chi connectivity index (χ4n) is 2.30. The largest absolute Gasteiger partial charge is 0.544 e. The average molecular weight is 372 g/mol. The quantitative estimate of drug-likeness (QED) is 0.751. The Morgan fingerprint density at radius 2 is 1.91 bits per heavy atom. The number of halogens is 1. The van der Waals surface area contributed by atoms with Gasteiger partial charge in [0, 0.05) is 15.4 Å². The summed E-state index contributed by atoms with van der Waals surface area (Å²) in [7, 11) is 0. The molecule has 116 valence electrons. The summed E-state index contributed by atoms with van der Waals surface area (Å²) in [6.07, 6.45) is 0. The summed E-state index contributed by atoms with van der Waals surface area (Å²) in [5, 5.41) is 13.4. The topological polar surface area (TPSA) is 82.5 Å². The monoisotopic (exact) mass is 371 g/mol. The van der Waals surface area contributed by atoms with E-state index in [2.05, 4.69) is 25.9 Å². The number of hydrogen-bond acceptors (Lipinski definition) is 4. The zero-order valence-corrected chi connectivity index (χ0v) is 13.9. The number of aromatic nitrogens is 2. The predicted molar refractivity (Wildman–Crippen MR) is 88.7 cm³/mol. The van der Waals surface area contributed by atoms with Crippen LogP contribution < -0.4 is 10.4 Å². The maximum atomic E-state index is 11.0. The van der Waals surface area contributed by atoms with Crippen molar-refractivity contribution < 1.29 is 15.2 Å². The third-order valence-corrected chi connectivity index (χ3v) is 3.99. The first-order chi connectivity index (χ1) is 11.0. The smallest absolute Gasteiger partial charge is 0.327 e. The van der Waals surface area contributed by atoms with Crippen LogP contribution in [0.25, 0.3) is 22.2 Å². The summed E-state index contributed by atoms with van der Waals surface area (Å²) < 4.78 is 0.936. The van der Waals surface area contributed by atoms with Crippen molar-refractivity contribution in [2.75, 3.05) is 0 Å². The van der Waals surface area contributed by atoms with Crippen molar-refractivity contribution in [3.8, 4) is 11.3 Å². The summed E-state index contributed by atoms with van der Waals surface area (Å²) in [5.41, 5.74) is 2.49. The number of nitrogens with zero attached hydrogens (tertiary/aromatic N) is 2. The lowest BCUT2D eigenvalue weighted by Gasteiger charge is -2.12. The van der Waals surface area contributed by atoms with Gasteiger partial charge in [-0.1, -0.05) is 46.3 Å². The molecule has 2 aromatic carbocycles. The highest BCUT2D eigenvalue weighted by molar-refractivity contribution is 9.10. The zero-order chi connectivity index (χ0) is 16.4. The number of hydrogen-bond donors (Lipinski definition) is 1. The molecule has 2 N–H and O–H groups in total. The van der Waals surface area contributed by atoms with E-state index in [1.165, 1.54) is 5.32 Å². The molecule has 1 heterocycles. The van der Waals surface area contributed by atoms with E-state index in [1.54, 1.807) is 6.92 Å². The van der Waals surface area contributed by atoms with Crippen LogP contribution in [0.1, 0.15) is 6.92 Å². The van der Waals surface area contributed by atoms with Gasteiger partial charge in [0.2, 0.25) is 0 Å². The molecule has 6 heteroatoms. The lowest BCUT2D eigenvalue weighted by atomic mass is 10.1. The molecular weight excluding hydrogens is 358 g/mol. The molecule has 0 aliphatic carbocycles. The predicted octanol–water partition coefficient (Wildman–Crippen LogP) is 1.39. The van der Waals surface area contributed by atoms with E-state index < -0.39 is 12.0 Å². The minimum atomic E-state index is -1.15. The third-order valence-electron chi connectivity index (χ3n) is 3.49. The van der Waals surface area contributed by atoms with Crippen molar-refractivity contribution >= 4 is 38.8 Å². The fourth-order valence-corrected chi connectivity index (χ4v) is 2.66. The van der Waals surface area contributed by atoms with Gasteiger partial charge in [0.1, 0.15) is 6.04 Å². The van der Waals surface area contributed by atoms with Crippen molar-refractivity contribution in [2.24, 2.45) is 0 Å². The van der Waals surface area contributed by atoms with Crippen LogP contribution in [-0.2, 0) is 4.79 Å². The van der Waals surface area contributed by atoms with Crippen LogP contribution in [0.3, 0.4) is 0 Å². The Bertz CT molecular complexity index is 868. The molecule has 1 atom stereocenters. The van der Waals surface area contributed by atoms with Crippen molar-refractivity contribution in [3.05, 3.63) is 53.0 Å². The molecule has 23 heavy (non-hydrogen) atoms. The Kier molecular flexibility index (Phi) is 4.36. The number of quaternary nitrogens is 1. The number of carboxylic acids is 1. The van der Waals surface area contributed by atoms with Gasteiger partial charge in [-0.05, 0) is 25.1 Å². The first-order valence-electron chi connectivity index (χ1n) is 7.13. The van der Waals surface area contributed by atoms with E-state index in [0.29, 0.717) is 5.95 Å². The van der Waals surface area contributed by atoms with Gasteiger partial charge in [-0.25, -0.2) is 0 Å². The highest BCUT2D eigenvalue weighted by Crippen LogP contribution is 2.28. The van der Waals surface area contributed by atoms with E-state index >= 15 is 0 Å². The summed E-state index contributed by atoms with van der Waals surface area (Å²) in [5.74, 6) is -0.763. The molecule has 0 amide bonds. The molecule has 1 unspecified atom stereocenters. The Balaban J connectivity index is 2.18. The maximum absolute atomic E-state index is 11.0. The van der Waals surface area contributed by atoms with Crippen LogP contribution in [0, 0.1) is 0 Å². The second-order valence-electron chi connectivity index (χ2n) is 5.23.